The Morgan fingerprint density at radius 3 is 1.91 bits per heavy atom. The number of hydrogen-bond donors (Lipinski definition) is 0. The van der Waals surface area contributed by atoms with E-state index < -0.39 is 9.84 Å². The minimum atomic E-state index is -2.67. The van der Waals surface area contributed by atoms with Crippen molar-refractivity contribution < 1.29 is 8.42 Å². The summed E-state index contributed by atoms with van der Waals surface area (Å²) in [7, 11) is -2.67. The summed E-state index contributed by atoms with van der Waals surface area (Å²) in [5.74, 6) is 1.74. The molecule has 1 fully saturated rings. The number of rotatable bonds is 0. The molecular formula is C8H12O2S. The molecule has 0 aromatic rings. The Balaban J connectivity index is 2.22. The first-order chi connectivity index (χ1) is 5.17. The molecule has 1 aliphatic heterocycles. The largest absolute Gasteiger partial charge is 0.229 e. The van der Waals surface area contributed by atoms with Gasteiger partial charge in [0.1, 0.15) is 0 Å². The predicted octanol–water partition coefficient (Wildman–Crippen LogP) is 0.997. The molecule has 1 heterocycles. The standard InChI is InChI=1S/C8H12O2S/c9-11(10)5-7-3-1-2-4-8(7)6-11/h1-2,7-8H,3-6H2. The van der Waals surface area contributed by atoms with Gasteiger partial charge in [0.15, 0.2) is 9.84 Å². The number of hydrogen-bond acceptors (Lipinski definition) is 2. The summed E-state index contributed by atoms with van der Waals surface area (Å²) in [5.41, 5.74) is 0. The molecule has 0 aromatic heterocycles. The van der Waals surface area contributed by atoms with E-state index in [1.807, 2.05) is 0 Å². The molecule has 2 aliphatic rings. The second-order valence-electron chi connectivity index (χ2n) is 3.54. The van der Waals surface area contributed by atoms with Crippen LogP contribution in [0.3, 0.4) is 0 Å². The van der Waals surface area contributed by atoms with E-state index in [9.17, 15) is 8.42 Å². The van der Waals surface area contributed by atoms with Crippen molar-refractivity contribution in [2.24, 2.45) is 11.8 Å². The van der Waals surface area contributed by atoms with Crippen LogP contribution in [0.1, 0.15) is 12.8 Å². The Bertz CT molecular complexity index is 254. The zero-order valence-corrected chi connectivity index (χ0v) is 7.18. The highest BCUT2D eigenvalue weighted by Gasteiger charge is 2.36. The quantitative estimate of drug-likeness (QED) is 0.511. The number of allylic oxidation sites excluding steroid dienone is 2. The lowest BCUT2D eigenvalue weighted by Gasteiger charge is -2.17. The molecular weight excluding hydrogens is 160 g/mol. The zero-order valence-electron chi connectivity index (χ0n) is 6.36. The van der Waals surface area contributed by atoms with E-state index in [4.69, 9.17) is 0 Å². The summed E-state index contributed by atoms with van der Waals surface area (Å²) in [6, 6.07) is 0. The third-order valence-corrected chi connectivity index (χ3v) is 4.52. The molecule has 0 saturated carbocycles. The summed E-state index contributed by atoms with van der Waals surface area (Å²) in [6.45, 7) is 0. The van der Waals surface area contributed by atoms with Crippen LogP contribution in [-0.2, 0) is 9.84 Å². The number of fused-ring (bicyclic) bond motifs is 1. The Labute approximate surface area is 67.2 Å². The summed E-state index contributed by atoms with van der Waals surface area (Å²) >= 11 is 0. The fourth-order valence-corrected chi connectivity index (χ4v) is 4.31. The molecule has 0 spiro atoms. The molecule has 2 rings (SSSR count). The fraction of sp³-hybridized carbons (Fsp3) is 0.750. The maximum Gasteiger partial charge on any atom is 0.150 e. The monoisotopic (exact) mass is 172 g/mol. The van der Waals surface area contributed by atoms with Crippen molar-refractivity contribution in [1.82, 2.24) is 0 Å². The van der Waals surface area contributed by atoms with E-state index in [-0.39, 0.29) is 0 Å². The zero-order chi connectivity index (χ0) is 7.90. The maximum atomic E-state index is 11.2. The van der Waals surface area contributed by atoms with Crippen molar-refractivity contribution in [3.05, 3.63) is 12.2 Å². The van der Waals surface area contributed by atoms with Crippen molar-refractivity contribution in [2.75, 3.05) is 11.5 Å². The lowest BCUT2D eigenvalue weighted by Crippen LogP contribution is -2.13. The molecule has 3 heteroatoms. The van der Waals surface area contributed by atoms with Crippen molar-refractivity contribution in [2.45, 2.75) is 12.8 Å². The first-order valence-electron chi connectivity index (χ1n) is 4.03. The smallest absolute Gasteiger partial charge is 0.150 e. The van der Waals surface area contributed by atoms with E-state index >= 15 is 0 Å². The summed E-state index contributed by atoms with van der Waals surface area (Å²) in [6.07, 6.45) is 6.18. The molecule has 0 bridgehead atoms. The van der Waals surface area contributed by atoms with Gasteiger partial charge in [-0.3, -0.25) is 0 Å². The van der Waals surface area contributed by atoms with E-state index in [1.54, 1.807) is 0 Å². The molecule has 1 saturated heterocycles. The molecule has 2 nitrogen and oxygen atoms in total. The van der Waals surface area contributed by atoms with Gasteiger partial charge in [-0.15, -0.1) is 0 Å². The second-order valence-corrected chi connectivity index (χ2v) is 5.69. The van der Waals surface area contributed by atoms with Crippen LogP contribution < -0.4 is 0 Å². The van der Waals surface area contributed by atoms with Crippen LogP contribution in [0.15, 0.2) is 12.2 Å². The first-order valence-corrected chi connectivity index (χ1v) is 5.85. The SMILES string of the molecule is O=S1(=O)CC2CC=CCC2C1. The summed E-state index contributed by atoms with van der Waals surface area (Å²) in [5, 5.41) is 0. The molecule has 11 heavy (non-hydrogen) atoms. The molecule has 0 aromatic carbocycles. The molecule has 0 amide bonds. The van der Waals surface area contributed by atoms with E-state index in [2.05, 4.69) is 12.2 Å². The third-order valence-electron chi connectivity index (χ3n) is 2.65. The van der Waals surface area contributed by atoms with Crippen molar-refractivity contribution in [1.29, 1.82) is 0 Å². The lowest BCUT2D eigenvalue weighted by atomic mass is 9.86. The first kappa shape index (κ1) is 7.35. The van der Waals surface area contributed by atoms with Gasteiger partial charge in [-0.1, -0.05) is 12.2 Å². The van der Waals surface area contributed by atoms with Crippen molar-refractivity contribution in [3.8, 4) is 0 Å². The van der Waals surface area contributed by atoms with Crippen molar-refractivity contribution >= 4 is 9.84 Å². The summed E-state index contributed by atoms with van der Waals surface area (Å²) in [4.78, 5) is 0. The van der Waals surface area contributed by atoms with E-state index in [1.165, 1.54) is 0 Å². The van der Waals surface area contributed by atoms with Gasteiger partial charge >= 0.3 is 0 Å². The second kappa shape index (κ2) is 2.34. The molecule has 0 radical (unpaired) electrons. The van der Waals surface area contributed by atoms with Gasteiger partial charge in [0.2, 0.25) is 0 Å². The fourth-order valence-electron chi connectivity index (χ4n) is 2.06. The van der Waals surface area contributed by atoms with Crippen molar-refractivity contribution in [3.63, 3.8) is 0 Å². The molecule has 0 N–H and O–H groups in total. The average molecular weight is 172 g/mol. The normalized spacial score (nSPS) is 40.4. The van der Waals surface area contributed by atoms with E-state index in [0.29, 0.717) is 23.3 Å². The highest BCUT2D eigenvalue weighted by Crippen LogP contribution is 2.33. The van der Waals surface area contributed by atoms with Gasteiger partial charge in [0.05, 0.1) is 11.5 Å². The highest BCUT2D eigenvalue weighted by atomic mass is 32.2. The molecule has 1 aliphatic carbocycles. The molecule has 2 atom stereocenters. The Morgan fingerprint density at radius 1 is 1.00 bits per heavy atom. The van der Waals surface area contributed by atoms with Gasteiger partial charge in [-0.2, -0.15) is 0 Å². The highest BCUT2D eigenvalue weighted by molar-refractivity contribution is 7.91. The Morgan fingerprint density at radius 2 is 1.45 bits per heavy atom. The molecule has 62 valence electrons. The summed E-state index contributed by atoms with van der Waals surface area (Å²) < 4.78 is 22.3. The third kappa shape index (κ3) is 1.34. The Kier molecular flexibility index (Phi) is 1.56. The van der Waals surface area contributed by atoms with Crippen LogP contribution in [0, 0.1) is 11.8 Å². The lowest BCUT2D eigenvalue weighted by molar-refractivity contribution is 0.411. The topological polar surface area (TPSA) is 34.1 Å². The van der Waals surface area contributed by atoms with Crippen LogP contribution in [0.4, 0.5) is 0 Å². The Hall–Kier alpha value is -0.310. The minimum Gasteiger partial charge on any atom is -0.229 e. The van der Waals surface area contributed by atoms with Crippen LogP contribution in [0.2, 0.25) is 0 Å². The maximum absolute atomic E-state index is 11.2. The van der Waals surface area contributed by atoms with Crippen LogP contribution >= 0.6 is 0 Å². The average Bonchev–Trinajstić information content (AvgIpc) is 2.21. The van der Waals surface area contributed by atoms with E-state index in [0.717, 1.165) is 12.8 Å². The van der Waals surface area contributed by atoms with Gasteiger partial charge in [-0.05, 0) is 24.7 Å². The van der Waals surface area contributed by atoms with Crippen LogP contribution in [0.25, 0.3) is 0 Å². The minimum absolute atomic E-state index is 0.433. The van der Waals surface area contributed by atoms with Gasteiger partial charge in [-0.25, -0.2) is 8.42 Å². The van der Waals surface area contributed by atoms with Crippen LogP contribution in [0.5, 0.6) is 0 Å². The predicted molar refractivity (Wildman–Crippen MR) is 44.0 cm³/mol. The van der Waals surface area contributed by atoms with Gasteiger partial charge < -0.3 is 0 Å². The van der Waals surface area contributed by atoms with Crippen LogP contribution in [-0.4, -0.2) is 19.9 Å². The molecule has 2 unspecified atom stereocenters. The number of sulfone groups is 1. The van der Waals surface area contributed by atoms with Gasteiger partial charge in [0.25, 0.3) is 0 Å². The van der Waals surface area contributed by atoms with Gasteiger partial charge in [0, 0.05) is 0 Å².